The molecule has 6 heteroatoms. The van der Waals surface area contributed by atoms with E-state index in [1.165, 1.54) is 0 Å². The van der Waals surface area contributed by atoms with Crippen LogP contribution < -0.4 is 20.1 Å². The van der Waals surface area contributed by atoms with Crippen LogP contribution in [-0.2, 0) is 4.74 Å². The molecule has 0 amide bonds. The van der Waals surface area contributed by atoms with Crippen molar-refractivity contribution in [3.63, 3.8) is 0 Å². The molecule has 0 radical (unpaired) electrons. The summed E-state index contributed by atoms with van der Waals surface area (Å²) < 4.78 is 16.8. The van der Waals surface area contributed by atoms with Gasteiger partial charge in [-0.3, -0.25) is 0 Å². The molecule has 1 rings (SSSR count). The summed E-state index contributed by atoms with van der Waals surface area (Å²) >= 11 is 0. The van der Waals surface area contributed by atoms with Crippen molar-refractivity contribution in [2.45, 2.75) is 39.7 Å². The molecule has 1 atom stereocenters. The molecular formula is C19H33N3O3. The molecule has 1 unspecified atom stereocenters. The van der Waals surface area contributed by atoms with E-state index in [1.807, 2.05) is 38.1 Å². The Bertz CT molecular complexity index is 495. The van der Waals surface area contributed by atoms with Crippen LogP contribution in [0, 0.1) is 0 Å². The summed E-state index contributed by atoms with van der Waals surface area (Å²) in [5.74, 6) is 2.24. The summed E-state index contributed by atoms with van der Waals surface area (Å²) in [7, 11) is 1.64. The Morgan fingerprint density at radius 1 is 1.12 bits per heavy atom. The zero-order valence-electron chi connectivity index (χ0n) is 16.0. The molecule has 142 valence electrons. The molecule has 6 nitrogen and oxygen atoms in total. The summed E-state index contributed by atoms with van der Waals surface area (Å²) in [4.78, 5) is 4.57. The third kappa shape index (κ3) is 9.19. The number of hydrogen-bond donors (Lipinski definition) is 2. The Kier molecular flexibility index (Phi) is 11.3. The fourth-order valence-corrected chi connectivity index (χ4v) is 2.12. The van der Waals surface area contributed by atoms with Gasteiger partial charge in [-0.05, 0) is 32.4 Å². The maximum atomic E-state index is 5.92. The lowest BCUT2D eigenvalue weighted by molar-refractivity contribution is 0.136. The van der Waals surface area contributed by atoms with E-state index in [2.05, 4.69) is 22.5 Å². The van der Waals surface area contributed by atoms with Gasteiger partial charge < -0.3 is 24.8 Å². The summed E-state index contributed by atoms with van der Waals surface area (Å²) in [6.07, 6.45) is 2.20. The topological polar surface area (TPSA) is 64.1 Å². The fourth-order valence-electron chi connectivity index (χ4n) is 2.12. The van der Waals surface area contributed by atoms with Gasteiger partial charge in [0.2, 0.25) is 0 Å². The lowest BCUT2D eigenvalue weighted by Gasteiger charge is -2.16. The standard InChI is InChI=1S/C19H33N3O3/c1-5-7-13-24-14-12-21-19(20-6-2)22-15-16(3)25-18-11-9-8-10-17(18)23-4/h8-11,16H,5-7,12-15H2,1-4H3,(H2,20,21,22). The van der Waals surface area contributed by atoms with Gasteiger partial charge in [0.05, 0.1) is 20.3 Å². The van der Waals surface area contributed by atoms with Crippen LogP contribution in [0.25, 0.3) is 0 Å². The van der Waals surface area contributed by atoms with Gasteiger partial charge in [-0.2, -0.15) is 0 Å². The normalized spacial score (nSPS) is 12.6. The van der Waals surface area contributed by atoms with E-state index in [0.717, 1.165) is 50.0 Å². The van der Waals surface area contributed by atoms with Gasteiger partial charge >= 0.3 is 0 Å². The molecule has 0 bridgehead atoms. The average molecular weight is 351 g/mol. The Balaban J connectivity index is 2.41. The predicted octanol–water partition coefficient (Wildman–Crippen LogP) is 2.83. The number of nitrogens with zero attached hydrogens (tertiary/aromatic N) is 1. The summed E-state index contributed by atoms with van der Waals surface area (Å²) in [5, 5.41) is 6.50. The molecule has 25 heavy (non-hydrogen) atoms. The molecule has 0 aliphatic rings. The van der Waals surface area contributed by atoms with Crippen molar-refractivity contribution in [2.75, 3.05) is 40.0 Å². The first kappa shape index (κ1) is 21.1. The van der Waals surface area contributed by atoms with Crippen molar-refractivity contribution < 1.29 is 14.2 Å². The molecule has 0 aliphatic carbocycles. The van der Waals surface area contributed by atoms with Crippen LogP contribution in [0.1, 0.15) is 33.6 Å². The molecule has 1 aromatic carbocycles. The van der Waals surface area contributed by atoms with Crippen LogP contribution in [0.4, 0.5) is 0 Å². The predicted molar refractivity (Wildman–Crippen MR) is 103 cm³/mol. The lowest BCUT2D eigenvalue weighted by Crippen LogP contribution is -2.39. The molecule has 0 saturated heterocycles. The van der Waals surface area contributed by atoms with E-state index >= 15 is 0 Å². The van der Waals surface area contributed by atoms with Gasteiger partial charge in [-0.15, -0.1) is 0 Å². The van der Waals surface area contributed by atoms with E-state index < -0.39 is 0 Å². The van der Waals surface area contributed by atoms with Crippen molar-refractivity contribution in [3.05, 3.63) is 24.3 Å². The number of methoxy groups -OCH3 is 1. The second kappa shape index (κ2) is 13.4. The highest BCUT2D eigenvalue weighted by Gasteiger charge is 2.08. The Hall–Kier alpha value is -1.95. The summed E-state index contributed by atoms with van der Waals surface area (Å²) in [5.41, 5.74) is 0. The quantitative estimate of drug-likeness (QED) is 0.344. The van der Waals surface area contributed by atoms with Crippen LogP contribution in [0.3, 0.4) is 0 Å². The number of hydrogen-bond acceptors (Lipinski definition) is 4. The third-order valence-corrected chi connectivity index (χ3v) is 3.43. The highest BCUT2D eigenvalue weighted by Crippen LogP contribution is 2.26. The molecule has 0 heterocycles. The molecule has 1 aromatic rings. The number of rotatable bonds is 12. The van der Waals surface area contributed by atoms with Crippen LogP contribution in [0.2, 0.25) is 0 Å². The van der Waals surface area contributed by atoms with Crippen LogP contribution in [0.15, 0.2) is 29.3 Å². The van der Waals surface area contributed by atoms with Crippen LogP contribution >= 0.6 is 0 Å². The Labute approximate surface area is 152 Å². The highest BCUT2D eigenvalue weighted by atomic mass is 16.5. The molecular weight excluding hydrogens is 318 g/mol. The molecule has 0 fully saturated rings. The Morgan fingerprint density at radius 3 is 2.56 bits per heavy atom. The van der Waals surface area contributed by atoms with Crippen molar-refractivity contribution in [2.24, 2.45) is 4.99 Å². The molecule has 2 N–H and O–H groups in total. The van der Waals surface area contributed by atoms with E-state index in [1.54, 1.807) is 7.11 Å². The second-order valence-electron chi connectivity index (χ2n) is 5.69. The fraction of sp³-hybridized carbons (Fsp3) is 0.632. The Morgan fingerprint density at radius 2 is 1.88 bits per heavy atom. The van der Waals surface area contributed by atoms with E-state index in [0.29, 0.717) is 13.2 Å². The van der Waals surface area contributed by atoms with E-state index in [9.17, 15) is 0 Å². The maximum absolute atomic E-state index is 5.92. The summed E-state index contributed by atoms with van der Waals surface area (Å²) in [6.45, 7) is 9.78. The van der Waals surface area contributed by atoms with Crippen LogP contribution in [-0.4, -0.2) is 52.0 Å². The number of aliphatic imine (C=N–C) groups is 1. The lowest BCUT2D eigenvalue weighted by atomic mass is 10.3. The maximum Gasteiger partial charge on any atom is 0.191 e. The van der Waals surface area contributed by atoms with Gasteiger partial charge in [0.1, 0.15) is 6.10 Å². The van der Waals surface area contributed by atoms with Crippen molar-refractivity contribution >= 4 is 5.96 Å². The molecule has 0 aliphatic heterocycles. The number of benzene rings is 1. The first-order valence-corrected chi connectivity index (χ1v) is 9.10. The van der Waals surface area contributed by atoms with Crippen molar-refractivity contribution in [3.8, 4) is 11.5 Å². The van der Waals surface area contributed by atoms with Gasteiger partial charge in [-0.1, -0.05) is 25.5 Å². The first-order valence-electron chi connectivity index (χ1n) is 9.10. The molecule has 0 spiro atoms. The zero-order chi connectivity index (χ0) is 18.3. The average Bonchev–Trinajstić information content (AvgIpc) is 2.63. The van der Waals surface area contributed by atoms with Gasteiger partial charge in [-0.25, -0.2) is 4.99 Å². The first-order chi connectivity index (χ1) is 12.2. The van der Waals surface area contributed by atoms with E-state index in [-0.39, 0.29) is 6.10 Å². The number of ether oxygens (including phenoxy) is 3. The minimum Gasteiger partial charge on any atom is -0.493 e. The zero-order valence-corrected chi connectivity index (χ0v) is 16.0. The summed E-state index contributed by atoms with van der Waals surface area (Å²) in [6, 6.07) is 7.63. The van der Waals surface area contributed by atoms with Gasteiger partial charge in [0, 0.05) is 19.7 Å². The minimum absolute atomic E-state index is 0.0624. The largest absolute Gasteiger partial charge is 0.493 e. The van der Waals surface area contributed by atoms with Crippen molar-refractivity contribution in [1.29, 1.82) is 0 Å². The number of guanidine groups is 1. The molecule has 0 aromatic heterocycles. The van der Waals surface area contributed by atoms with E-state index in [4.69, 9.17) is 14.2 Å². The van der Waals surface area contributed by atoms with Crippen LogP contribution in [0.5, 0.6) is 11.5 Å². The second-order valence-corrected chi connectivity index (χ2v) is 5.69. The number of nitrogens with one attached hydrogen (secondary N) is 2. The van der Waals surface area contributed by atoms with Crippen molar-refractivity contribution in [1.82, 2.24) is 10.6 Å². The monoisotopic (exact) mass is 351 g/mol. The number of unbranched alkanes of at least 4 members (excludes halogenated alkanes) is 1. The SMILES string of the molecule is CCCCOCCNC(=NCC(C)Oc1ccccc1OC)NCC. The number of para-hydroxylation sites is 2. The molecule has 0 saturated carbocycles. The third-order valence-electron chi connectivity index (χ3n) is 3.43. The van der Waals surface area contributed by atoms with Gasteiger partial charge in [0.15, 0.2) is 17.5 Å². The smallest absolute Gasteiger partial charge is 0.191 e. The minimum atomic E-state index is -0.0624. The van der Waals surface area contributed by atoms with Gasteiger partial charge in [0.25, 0.3) is 0 Å². The highest BCUT2D eigenvalue weighted by molar-refractivity contribution is 5.79.